The zero-order valence-corrected chi connectivity index (χ0v) is 19.9. The summed E-state index contributed by atoms with van der Waals surface area (Å²) in [6.07, 6.45) is 7.27. The Kier molecular flexibility index (Phi) is 9.04. The summed E-state index contributed by atoms with van der Waals surface area (Å²) in [7, 11) is 0. The van der Waals surface area contributed by atoms with Crippen LogP contribution in [0, 0.1) is 0 Å². The van der Waals surface area contributed by atoms with Crippen LogP contribution in [-0.2, 0) is 15.9 Å². The van der Waals surface area contributed by atoms with Gasteiger partial charge in [-0.2, -0.15) is 0 Å². The third kappa shape index (κ3) is 7.17. The van der Waals surface area contributed by atoms with Gasteiger partial charge in [0.05, 0.1) is 37.6 Å². The maximum Gasteiger partial charge on any atom is 0.119 e. The second-order valence-electron chi connectivity index (χ2n) is 9.21. The maximum absolute atomic E-state index is 10.1. The Bertz CT molecular complexity index is 865. The van der Waals surface area contributed by atoms with Crippen molar-refractivity contribution in [2.45, 2.75) is 75.8 Å². The van der Waals surface area contributed by atoms with Crippen LogP contribution in [0.5, 0.6) is 5.75 Å². The Morgan fingerprint density at radius 2 is 1.76 bits per heavy atom. The van der Waals surface area contributed by atoms with Gasteiger partial charge >= 0.3 is 0 Å². The lowest BCUT2D eigenvalue weighted by Crippen LogP contribution is -2.33. The van der Waals surface area contributed by atoms with E-state index in [1.165, 1.54) is 32.1 Å². The topological polar surface area (TPSA) is 68.2 Å². The first kappa shape index (κ1) is 24.5. The molecule has 2 aromatic rings. The average Bonchev–Trinajstić information content (AvgIpc) is 2.84. The van der Waals surface area contributed by atoms with E-state index in [1.54, 1.807) is 0 Å². The number of benzene rings is 2. The first-order valence-electron chi connectivity index (χ1n) is 12.2. The minimum Gasteiger partial charge on any atom is -0.491 e. The van der Waals surface area contributed by atoms with E-state index in [0.717, 1.165) is 22.4 Å². The minimum absolute atomic E-state index is 0.0882. The second kappa shape index (κ2) is 12.2. The van der Waals surface area contributed by atoms with Gasteiger partial charge in [0.2, 0.25) is 0 Å². The molecule has 2 fully saturated rings. The lowest BCUT2D eigenvalue weighted by Gasteiger charge is -2.32. The number of aliphatic hydroxyl groups excluding tert-OH is 2. The number of halogens is 1. The fourth-order valence-corrected chi connectivity index (χ4v) is 4.97. The van der Waals surface area contributed by atoms with Crippen molar-refractivity contribution >= 4 is 11.6 Å². The summed E-state index contributed by atoms with van der Waals surface area (Å²) < 4.78 is 17.7. The third-order valence-corrected chi connectivity index (χ3v) is 6.97. The van der Waals surface area contributed by atoms with Gasteiger partial charge in [-0.25, -0.2) is 0 Å². The molecule has 2 N–H and O–H groups in total. The molecule has 2 aliphatic rings. The minimum atomic E-state index is -0.472. The Balaban J connectivity index is 1.30. The first-order valence-corrected chi connectivity index (χ1v) is 12.5. The molecule has 1 aliphatic heterocycles. The maximum atomic E-state index is 10.1. The van der Waals surface area contributed by atoms with Crippen molar-refractivity contribution in [1.82, 2.24) is 0 Å². The van der Waals surface area contributed by atoms with E-state index in [0.29, 0.717) is 43.6 Å². The second-order valence-corrected chi connectivity index (χ2v) is 9.61. The largest absolute Gasteiger partial charge is 0.491 e. The quantitative estimate of drug-likeness (QED) is 0.487. The van der Waals surface area contributed by atoms with Gasteiger partial charge < -0.3 is 24.4 Å². The molecule has 5 nitrogen and oxygen atoms in total. The molecular formula is C27H35ClO5. The molecule has 0 aromatic heterocycles. The van der Waals surface area contributed by atoms with Crippen LogP contribution in [0.15, 0.2) is 42.5 Å². The van der Waals surface area contributed by atoms with Gasteiger partial charge in [-0.1, -0.05) is 55.1 Å². The van der Waals surface area contributed by atoms with Gasteiger partial charge in [-0.15, -0.1) is 0 Å². The molecule has 6 heteroatoms. The Morgan fingerprint density at radius 1 is 0.970 bits per heavy atom. The van der Waals surface area contributed by atoms with Crippen LogP contribution in [0.2, 0.25) is 5.02 Å². The average molecular weight is 475 g/mol. The molecule has 33 heavy (non-hydrogen) atoms. The summed E-state index contributed by atoms with van der Waals surface area (Å²) >= 11 is 6.48. The SMILES string of the molecule is OCC1CC(O)CC(c2ccc(Cl)c(Cc3ccc(OCCOC4CCCCC4)cc3)c2)O1. The number of aliphatic hydroxyl groups is 2. The molecule has 1 saturated carbocycles. The van der Waals surface area contributed by atoms with Crippen LogP contribution in [0.25, 0.3) is 0 Å². The van der Waals surface area contributed by atoms with Gasteiger partial charge in [0.1, 0.15) is 12.4 Å². The number of ether oxygens (including phenoxy) is 3. The van der Waals surface area contributed by atoms with Crippen molar-refractivity contribution in [3.8, 4) is 5.75 Å². The highest BCUT2D eigenvalue weighted by atomic mass is 35.5. The molecule has 1 heterocycles. The number of hydrogen-bond acceptors (Lipinski definition) is 5. The molecule has 2 aromatic carbocycles. The van der Waals surface area contributed by atoms with Gasteiger partial charge in [0, 0.05) is 17.9 Å². The molecule has 3 unspecified atom stereocenters. The summed E-state index contributed by atoms with van der Waals surface area (Å²) in [6, 6.07) is 14.0. The highest BCUT2D eigenvalue weighted by Gasteiger charge is 2.29. The molecule has 1 saturated heterocycles. The van der Waals surface area contributed by atoms with E-state index in [2.05, 4.69) is 12.1 Å². The summed E-state index contributed by atoms with van der Waals surface area (Å²) in [5.41, 5.74) is 3.12. The number of hydrogen-bond donors (Lipinski definition) is 2. The monoisotopic (exact) mass is 474 g/mol. The fourth-order valence-electron chi connectivity index (χ4n) is 4.78. The van der Waals surface area contributed by atoms with Crippen LogP contribution in [0.1, 0.15) is 67.7 Å². The van der Waals surface area contributed by atoms with Crippen molar-refractivity contribution in [2.75, 3.05) is 19.8 Å². The fraction of sp³-hybridized carbons (Fsp3) is 0.556. The van der Waals surface area contributed by atoms with Crippen molar-refractivity contribution < 1.29 is 24.4 Å². The molecule has 180 valence electrons. The molecule has 0 spiro atoms. The predicted molar refractivity (Wildman–Crippen MR) is 129 cm³/mol. The third-order valence-electron chi connectivity index (χ3n) is 6.60. The van der Waals surface area contributed by atoms with Crippen LogP contribution in [0.4, 0.5) is 0 Å². The molecule has 1 aliphatic carbocycles. The first-order chi connectivity index (χ1) is 16.1. The highest BCUT2D eigenvalue weighted by molar-refractivity contribution is 6.31. The van der Waals surface area contributed by atoms with Gasteiger partial charge in [0.25, 0.3) is 0 Å². The van der Waals surface area contributed by atoms with E-state index >= 15 is 0 Å². The van der Waals surface area contributed by atoms with Gasteiger partial charge in [0.15, 0.2) is 0 Å². The normalized spacial score (nSPS) is 24.0. The summed E-state index contributed by atoms with van der Waals surface area (Å²) in [4.78, 5) is 0. The van der Waals surface area contributed by atoms with Gasteiger partial charge in [-0.05, 0) is 54.2 Å². The summed E-state index contributed by atoms with van der Waals surface area (Å²) in [5, 5.41) is 20.3. The van der Waals surface area contributed by atoms with Crippen LogP contribution < -0.4 is 4.74 Å². The van der Waals surface area contributed by atoms with E-state index in [4.69, 9.17) is 25.8 Å². The van der Waals surface area contributed by atoms with Crippen LogP contribution in [0.3, 0.4) is 0 Å². The van der Waals surface area contributed by atoms with Crippen molar-refractivity contribution in [2.24, 2.45) is 0 Å². The van der Waals surface area contributed by atoms with Crippen LogP contribution >= 0.6 is 11.6 Å². The predicted octanol–water partition coefficient (Wildman–Crippen LogP) is 5.23. The highest BCUT2D eigenvalue weighted by Crippen LogP contribution is 2.34. The smallest absolute Gasteiger partial charge is 0.119 e. The standard InChI is InChI=1S/C27H35ClO5/c28-26-11-8-20(27-17-22(30)16-25(18-29)33-27)15-21(26)14-19-6-9-24(10-7-19)32-13-12-31-23-4-2-1-3-5-23/h6-11,15,22-23,25,27,29-30H,1-5,12-14,16-18H2. The van der Waals surface area contributed by atoms with E-state index in [-0.39, 0.29) is 18.8 Å². The molecule has 0 bridgehead atoms. The zero-order chi connectivity index (χ0) is 23.0. The van der Waals surface area contributed by atoms with E-state index in [9.17, 15) is 10.2 Å². The Morgan fingerprint density at radius 3 is 2.52 bits per heavy atom. The Hall–Kier alpha value is -1.63. The van der Waals surface area contributed by atoms with Crippen molar-refractivity contribution in [3.05, 3.63) is 64.2 Å². The summed E-state index contributed by atoms with van der Waals surface area (Å²) in [6.45, 7) is 1.10. The van der Waals surface area contributed by atoms with E-state index in [1.807, 2.05) is 30.3 Å². The lowest BCUT2D eigenvalue weighted by molar-refractivity contribution is -0.113. The van der Waals surface area contributed by atoms with Crippen molar-refractivity contribution in [1.29, 1.82) is 0 Å². The molecular weight excluding hydrogens is 440 g/mol. The molecule has 4 rings (SSSR count). The van der Waals surface area contributed by atoms with E-state index < -0.39 is 6.10 Å². The molecule has 0 radical (unpaired) electrons. The number of rotatable bonds is 9. The van der Waals surface area contributed by atoms with Crippen molar-refractivity contribution in [3.63, 3.8) is 0 Å². The summed E-state index contributed by atoms with van der Waals surface area (Å²) in [5.74, 6) is 0.838. The molecule has 0 amide bonds. The zero-order valence-electron chi connectivity index (χ0n) is 19.1. The van der Waals surface area contributed by atoms with Gasteiger partial charge in [-0.3, -0.25) is 0 Å². The lowest BCUT2D eigenvalue weighted by atomic mass is 9.94. The van der Waals surface area contributed by atoms with Crippen LogP contribution in [-0.4, -0.2) is 48.3 Å². The Labute approximate surface area is 201 Å². The molecule has 3 atom stereocenters.